The second-order valence-corrected chi connectivity index (χ2v) is 6.50. The highest BCUT2D eigenvalue weighted by Crippen LogP contribution is 2.40. The molecule has 1 saturated heterocycles. The molecule has 0 saturated carbocycles. The van der Waals surface area contributed by atoms with Gasteiger partial charge < -0.3 is 0 Å². The molecule has 2 amide bonds. The Morgan fingerprint density at radius 2 is 1.85 bits per heavy atom. The fourth-order valence-electron chi connectivity index (χ4n) is 3.01. The molecule has 0 unspecified atom stereocenters. The summed E-state index contributed by atoms with van der Waals surface area (Å²) in [4.78, 5) is 26.4. The highest BCUT2D eigenvalue weighted by molar-refractivity contribution is 9.10. The average molecular weight is 334 g/mol. The van der Waals surface area contributed by atoms with Crippen LogP contribution in [0.4, 0.5) is 5.69 Å². The van der Waals surface area contributed by atoms with Crippen molar-refractivity contribution in [3.8, 4) is 0 Å². The van der Waals surface area contributed by atoms with Crippen molar-refractivity contribution in [1.29, 1.82) is 0 Å². The SMILES string of the molecule is CC1=CC[C@H]2C(=O)N(c3ccc(C)c(Br)c3)C(=O)[C@@H]2C1. The summed E-state index contributed by atoms with van der Waals surface area (Å²) in [6, 6.07) is 5.61. The standard InChI is InChI=1S/C16H16BrNO2/c1-9-3-6-12-13(7-9)16(20)18(15(12)19)11-5-4-10(2)14(17)8-11/h3-5,8,12-13H,6-7H2,1-2H3/t12-,13-/m1/s1. The van der Waals surface area contributed by atoms with Crippen LogP contribution in [0.2, 0.25) is 0 Å². The molecule has 104 valence electrons. The largest absolute Gasteiger partial charge is 0.274 e. The van der Waals surface area contributed by atoms with Crippen LogP contribution in [-0.2, 0) is 9.59 Å². The van der Waals surface area contributed by atoms with Gasteiger partial charge in [0.2, 0.25) is 11.8 Å². The van der Waals surface area contributed by atoms with E-state index in [1.165, 1.54) is 10.5 Å². The maximum atomic E-state index is 12.6. The molecule has 1 aromatic rings. The number of hydrogen-bond acceptors (Lipinski definition) is 2. The van der Waals surface area contributed by atoms with Crippen LogP contribution in [0.25, 0.3) is 0 Å². The highest BCUT2D eigenvalue weighted by atomic mass is 79.9. The zero-order chi connectivity index (χ0) is 14.4. The lowest BCUT2D eigenvalue weighted by atomic mass is 9.82. The Morgan fingerprint density at radius 1 is 1.15 bits per heavy atom. The Hall–Kier alpha value is -1.42. The molecular weight excluding hydrogens is 318 g/mol. The molecule has 1 fully saturated rings. The lowest BCUT2D eigenvalue weighted by Gasteiger charge is -2.18. The number of fused-ring (bicyclic) bond motifs is 1. The van der Waals surface area contributed by atoms with Gasteiger partial charge in [0, 0.05) is 4.47 Å². The number of anilines is 1. The van der Waals surface area contributed by atoms with Crippen LogP contribution in [0.5, 0.6) is 0 Å². The lowest BCUT2D eigenvalue weighted by molar-refractivity contribution is -0.122. The smallest absolute Gasteiger partial charge is 0.238 e. The first-order valence-corrected chi connectivity index (χ1v) is 7.58. The van der Waals surface area contributed by atoms with E-state index in [0.717, 1.165) is 10.0 Å². The van der Waals surface area contributed by atoms with Gasteiger partial charge in [-0.25, -0.2) is 4.90 Å². The van der Waals surface area contributed by atoms with Crippen molar-refractivity contribution in [2.45, 2.75) is 26.7 Å². The lowest BCUT2D eigenvalue weighted by Crippen LogP contribution is -2.30. The topological polar surface area (TPSA) is 37.4 Å². The molecule has 0 aromatic heterocycles. The van der Waals surface area contributed by atoms with Gasteiger partial charge in [0.1, 0.15) is 0 Å². The number of hydrogen-bond donors (Lipinski definition) is 0. The molecule has 20 heavy (non-hydrogen) atoms. The Kier molecular flexibility index (Phi) is 3.28. The van der Waals surface area contributed by atoms with Crippen molar-refractivity contribution >= 4 is 33.4 Å². The maximum Gasteiger partial charge on any atom is 0.238 e. The number of rotatable bonds is 1. The number of amides is 2. The van der Waals surface area contributed by atoms with Crippen LogP contribution in [0.3, 0.4) is 0 Å². The highest BCUT2D eigenvalue weighted by Gasteiger charge is 2.48. The third-order valence-electron chi connectivity index (χ3n) is 4.24. The summed E-state index contributed by atoms with van der Waals surface area (Å²) in [5.41, 5.74) is 2.96. The number of nitrogens with zero attached hydrogens (tertiary/aromatic N) is 1. The molecule has 3 nitrogen and oxygen atoms in total. The van der Waals surface area contributed by atoms with Crippen LogP contribution in [0, 0.1) is 18.8 Å². The fraction of sp³-hybridized carbons (Fsp3) is 0.375. The molecule has 2 atom stereocenters. The molecule has 0 N–H and O–H groups in total. The fourth-order valence-corrected chi connectivity index (χ4v) is 3.38. The first-order chi connectivity index (χ1) is 9.49. The van der Waals surface area contributed by atoms with Crippen LogP contribution in [0.1, 0.15) is 25.3 Å². The zero-order valence-electron chi connectivity index (χ0n) is 11.5. The van der Waals surface area contributed by atoms with Gasteiger partial charge in [-0.2, -0.15) is 0 Å². The summed E-state index contributed by atoms with van der Waals surface area (Å²) in [5.74, 6) is -0.457. The van der Waals surface area contributed by atoms with Gasteiger partial charge in [0.15, 0.2) is 0 Å². The van der Waals surface area contributed by atoms with Crippen molar-refractivity contribution in [2.75, 3.05) is 4.90 Å². The molecule has 3 rings (SSSR count). The number of carbonyl (C=O) groups is 2. The Balaban J connectivity index is 1.97. The minimum Gasteiger partial charge on any atom is -0.274 e. The predicted octanol–water partition coefficient (Wildman–Crippen LogP) is 3.60. The van der Waals surface area contributed by atoms with Crippen molar-refractivity contribution in [2.24, 2.45) is 11.8 Å². The minimum atomic E-state index is -0.175. The molecule has 1 aromatic carbocycles. The Labute approximate surface area is 126 Å². The van der Waals surface area contributed by atoms with Crippen molar-refractivity contribution < 1.29 is 9.59 Å². The summed E-state index contributed by atoms with van der Waals surface area (Å²) >= 11 is 3.46. The Morgan fingerprint density at radius 3 is 2.55 bits per heavy atom. The monoisotopic (exact) mass is 333 g/mol. The van der Waals surface area contributed by atoms with E-state index in [1.807, 2.05) is 32.0 Å². The van der Waals surface area contributed by atoms with Crippen LogP contribution >= 0.6 is 15.9 Å². The number of halogens is 1. The second-order valence-electron chi connectivity index (χ2n) is 5.65. The maximum absolute atomic E-state index is 12.6. The van der Waals surface area contributed by atoms with Crippen LogP contribution in [0.15, 0.2) is 34.3 Å². The number of benzene rings is 1. The van der Waals surface area contributed by atoms with E-state index in [0.29, 0.717) is 18.5 Å². The van der Waals surface area contributed by atoms with Crippen LogP contribution in [-0.4, -0.2) is 11.8 Å². The van der Waals surface area contributed by atoms with E-state index >= 15 is 0 Å². The summed E-state index contributed by atoms with van der Waals surface area (Å²) in [6.07, 6.45) is 3.48. The number of aryl methyl sites for hydroxylation is 1. The quantitative estimate of drug-likeness (QED) is 0.581. The molecule has 1 aliphatic heterocycles. The van der Waals surface area contributed by atoms with Gasteiger partial charge in [-0.3, -0.25) is 9.59 Å². The minimum absolute atomic E-state index is 0.0526. The van der Waals surface area contributed by atoms with Gasteiger partial charge in [0.05, 0.1) is 17.5 Å². The number of imide groups is 1. The first kappa shape index (κ1) is 13.6. The third kappa shape index (κ3) is 2.03. The van der Waals surface area contributed by atoms with Gasteiger partial charge in [-0.15, -0.1) is 0 Å². The summed E-state index contributed by atoms with van der Waals surface area (Å²) in [6.45, 7) is 4.01. The molecule has 1 heterocycles. The van der Waals surface area contributed by atoms with Crippen molar-refractivity contribution in [3.63, 3.8) is 0 Å². The van der Waals surface area contributed by atoms with E-state index in [2.05, 4.69) is 22.0 Å². The number of allylic oxidation sites excluding steroid dienone is 2. The zero-order valence-corrected chi connectivity index (χ0v) is 13.1. The van der Waals surface area contributed by atoms with Crippen molar-refractivity contribution in [1.82, 2.24) is 0 Å². The van der Waals surface area contributed by atoms with Gasteiger partial charge >= 0.3 is 0 Å². The van der Waals surface area contributed by atoms with Gasteiger partial charge in [-0.1, -0.05) is 33.6 Å². The van der Waals surface area contributed by atoms with E-state index in [4.69, 9.17) is 0 Å². The number of carbonyl (C=O) groups excluding carboxylic acids is 2. The first-order valence-electron chi connectivity index (χ1n) is 6.78. The van der Waals surface area contributed by atoms with Gasteiger partial charge in [-0.05, 0) is 44.4 Å². The van der Waals surface area contributed by atoms with E-state index in [1.54, 1.807) is 0 Å². The van der Waals surface area contributed by atoms with Gasteiger partial charge in [0.25, 0.3) is 0 Å². The van der Waals surface area contributed by atoms with Crippen molar-refractivity contribution in [3.05, 3.63) is 39.9 Å². The Bertz CT molecular complexity index is 635. The third-order valence-corrected chi connectivity index (χ3v) is 5.09. The summed E-state index contributed by atoms with van der Waals surface area (Å²) in [7, 11) is 0. The summed E-state index contributed by atoms with van der Waals surface area (Å²) in [5, 5.41) is 0. The molecular formula is C16H16BrNO2. The van der Waals surface area contributed by atoms with E-state index in [9.17, 15) is 9.59 Å². The van der Waals surface area contributed by atoms with E-state index in [-0.39, 0.29) is 23.7 Å². The average Bonchev–Trinajstić information content (AvgIpc) is 2.65. The molecule has 2 aliphatic rings. The molecule has 4 heteroatoms. The molecule has 0 radical (unpaired) electrons. The summed E-state index contributed by atoms with van der Waals surface area (Å²) < 4.78 is 0.916. The normalized spacial score (nSPS) is 25.8. The molecule has 0 bridgehead atoms. The van der Waals surface area contributed by atoms with E-state index < -0.39 is 0 Å². The second kappa shape index (κ2) is 4.85. The predicted molar refractivity (Wildman–Crippen MR) is 81.3 cm³/mol. The molecule has 1 aliphatic carbocycles. The molecule has 0 spiro atoms. The van der Waals surface area contributed by atoms with Crippen LogP contribution < -0.4 is 4.90 Å².